The highest BCUT2D eigenvalue weighted by atomic mass is 16.4. The van der Waals surface area contributed by atoms with Crippen LogP contribution in [-0.2, 0) is 14.4 Å². The lowest BCUT2D eigenvalue weighted by molar-refractivity contribution is -0.135. The quantitative estimate of drug-likeness (QED) is 0.347. The molecule has 2 amide bonds. The molecule has 0 aliphatic heterocycles. The summed E-state index contributed by atoms with van der Waals surface area (Å²) >= 11 is 0. The van der Waals surface area contributed by atoms with Crippen LogP contribution in [0, 0.1) is 5.92 Å². The molecule has 3 N–H and O–H groups in total. The first-order valence-electron chi connectivity index (χ1n) is 11.8. The number of rotatable bonds is 14. The van der Waals surface area contributed by atoms with Crippen LogP contribution in [0.15, 0.2) is 24.8 Å². The van der Waals surface area contributed by atoms with E-state index in [2.05, 4.69) is 17.2 Å². The van der Waals surface area contributed by atoms with Gasteiger partial charge in [0.25, 0.3) is 5.91 Å². The van der Waals surface area contributed by atoms with E-state index in [-0.39, 0.29) is 24.2 Å². The van der Waals surface area contributed by atoms with Crippen LogP contribution in [0.25, 0.3) is 5.57 Å². The van der Waals surface area contributed by atoms with E-state index in [9.17, 15) is 19.2 Å². The van der Waals surface area contributed by atoms with Gasteiger partial charge in [-0.25, -0.2) is 0 Å². The first kappa shape index (κ1) is 30.8. The fourth-order valence-electron chi connectivity index (χ4n) is 2.87. The van der Waals surface area contributed by atoms with Gasteiger partial charge in [0.1, 0.15) is 6.54 Å². The summed E-state index contributed by atoms with van der Waals surface area (Å²) in [5.41, 5.74) is 2.69. The van der Waals surface area contributed by atoms with Gasteiger partial charge in [0.15, 0.2) is 5.78 Å². The number of benzene rings is 1. The van der Waals surface area contributed by atoms with Gasteiger partial charge in [-0.15, -0.1) is 0 Å². The van der Waals surface area contributed by atoms with Crippen LogP contribution in [-0.4, -0.2) is 60.3 Å². The number of unbranched alkanes of at least 4 members (excludes halogenated alkanes) is 2. The number of nitrogens with one attached hydrogen (secondary N) is 2. The highest BCUT2D eigenvalue weighted by Crippen LogP contribution is 2.20. The van der Waals surface area contributed by atoms with Crippen LogP contribution in [0.3, 0.4) is 0 Å². The summed E-state index contributed by atoms with van der Waals surface area (Å²) < 4.78 is 0. The number of anilines is 1. The molecule has 1 rings (SSSR count). The predicted octanol–water partition coefficient (Wildman–Crippen LogP) is 4.22. The van der Waals surface area contributed by atoms with E-state index in [1.54, 1.807) is 19.2 Å². The number of likely N-dealkylation sites (N-methyl/N-ethyl adjacent to an activating group) is 1. The van der Waals surface area contributed by atoms with Gasteiger partial charge in [-0.1, -0.05) is 46.3 Å². The van der Waals surface area contributed by atoms with Crippen molar-refractivity contribution in [3.05, 3.63) is 35.9 Å². The van der Waals surface area contributed by atoms with Crippen molar-refractivity contribution in [3.63, 3.8) is 0 Å². The summed E-state index contributed by atoms with van der Waals surface area (Å²) in [6.45, 7) is 13.8. The average Bonchev–Trinajstić information content (AvgIpc) is 2.80. The number of aliphatic carboxylic acids is 1. The smallest absolute Gasteiger partial charge is 0.322 e. The Hall–Kier alpha value is -3.16. The third-order valence-electron chi connectivity index (χ3n) is 4.95. The Labute approximate surface area is 203 Å². The number of amides is 2. The maximum Gasteiger partial charge on any atom is 0.322 e. The molecule has 0 spiro atoms. The average molecular weight is 476 g/mol. The molecule has 0 saturated carbocycles. The Bertz CT molecular complexity index is 849. The van der Waals surface area contributed by atoms with Crippen LogP contribution in [0.5, 0.6) is 0 Å². The van der Waals surface area contributed by atoms with Gasteiger partial charge in [0, 0.05) is 37.2 Å². The first-order valence-corrected chi connectivity index (χ1v) is 11.8. The third-order valence-corrected chi connectivity index (χ3v) is 4.95. The highest BCUT2D eigenvalue weighted by Gasteiger charge is 2.15. The van der Waals surface area contributed by atoms with Crippen molar-refractivity contribution in [2.45, 2.75) is 60.3 Å². The van der Waals surface area contributed by atoms with Gasteiger partial charge in [-0.05, 0) is 43.5 Å². The third kappa shape index (κ3) is 12.2. The van der Waals surface area contributed by atoms with E-state index in [1.165, 1.54) is 4.90 Å². The molecule has 1 aromatic rings. The minimum absolute atomic E-state index is 0.0295. The molecule has 0 aliphatic carbocycles. The van der Waals surface area contributed by atoms with Crippen molar-refractivity contribution in [2.24, 2.45) is 5.92 Å². The Balaban J connectivity index is 0.00000529. The summed E-state index contributed by atoms with van der Waals surface area (Å²) in [5, 5.41) is 14.4. The molecule has 0 heterocycles. The Morgan fingerprint density at radius 3 is 2.21 bits per heavy atom. The molecule has 8 heteroatoms. The number of Topliss-reactive ketones (excluding diaryl/α,β-unsaturated/α-hetero) is 1. The molecule has 34 heavy (non-hydrogen) atoms. The van der Waals surface area contributed by atoms with Crippen LogP contribution >= 0.6 is 0 Å². The van der Waals surface area contributed by atoms with E-state index in [0.29, 0.717) is 18.5 Å². The van der Waals surface area contributed by atoms with E-state index in [4.69, 9.17) is 5.11 Å². The minimum atomic E-state index is -1.11. The zero-order chi connectivity index (χ0) is 26.3. The van der Waals surface area contributed by atoms with Gasteiger partial charge in [-0.3, -0.25) is 19.2 Å². The van der Waals surface area contributed by atoms with E-state index in [1.807, 2.05) is 40.7 Å². The van der Waals surface area contributed by atoms with Crippen molar-refractivity contribution < 1.29 is 24.3 Å². The van der Waals surface area contributed by atoms with Crippen molar-refractivity contribution >= 4 is 34.8 Å². The molecule has 0 unspecified atom stereocenters. The summed E-state index contributed by atoms with van der Waals surface area (Å²) in [5.74, 6) is -1.62. The van der Waals surface area contributed by atoms with Gasteiger partial charge in [0.2, 0.25) is 5.91 Å². The van der Waals surface area contributed by atoms with Crippen molar-refractivity contribution in [3.8, 4) is 0 Å². The molecule has 0 radical (unpaired) electrons. The minimum Gasteiger partial charge on any atom is -0.480 e. The molecule has 1 aromatic carbocycles. The SMILES string of the molecule is C=C(C)c1cc(NCCCCCC(=O)N(C)CC(=O)C(C)C)cc(C(=O)NCC(=O)O)c1.CC. The molecular weight excluding hydrogens is 434 g/mol. The molecule has 8 nitrogen and oxygen atoms in total. The Morgan fingerprint density at radius 2 is 1.65 bits per heavy atom. The summed E-state index contributed by atoms with van der Waals surface area (Å²) in [4.78, 5) is 48.3. The Morgan fingerprint density at radius 1 is 1.03 bits per heavy atom. The standard InChI is InChI=1S/C24H35N3O5.C2H6/c1-16(2)18-11-19(24(32)26-14-23(30)31)13-20(12-18)25-10-8-6-7-9-22(29)27(5)15-21(28)17(3)4;1-2/h11-13,17,25H,1,6-10,14-15H2,2-5H3,(H,26,32)(H,30,31);1-2H3. The molecule has 0 aromatic heterocycles. The van der Waals surface area contributed by atoms with Crippen LogP contribution in [0.2, 0.25) is 0 Å². The van der Waals surface area contributed by atoms with Gasteiger partial charge in [-0.2, -0.15) is 0 Å². The molecule has 0 bridgehead atoms. The number of hydrogen-bond acceptors (Lipinski definition) is 5. The van der Waals surface area contributed by atoms with Crippen molar-refractivity contribution in [1.82, 2.24) is 10.2 Å². The van der Waals surface area contributed by atoms with Crippen LogP contribution < -0.4 is 10.6 Å². The van der Waals surface area contributed by atoms with Crippen LogP contribution in [0.1, 0.15) is 76.2 Å². The molecule has 0 fully saturated rings. The van der Waals surface area contributed by atoms with Crippen molar-refractivity contribution in [1.29, 1.82) is 0 Å². The number of hydrogen-bond donors (Lipinski definition) is 3. The zero-order valence-electron chi connectivity index (χ0n) is 21.5. The lowest BCUT2D eigenvalue weighted by Gasteiger charge is -2.17. The molecular formula is C26H41N3O5. The maximum absolute atomic E-state index is 12.2. The lowest BCUT2D eigenvalue weighted by Crippen LogP contribution is -2.33. The normalized spacial score (nSPS) is 10.1. The van der Waals surface area contributed by atoms with Crippen LogP contribution in [0.4, 0.5) is 5.69 Å². The Kier molecular flexibility index (Phi) is 14.9. The highest BCUT2D eigenvalue weighted by molar-refractivity contribution is 5.97. The number of nitrogens with zero attached hydrogens (tertiary/aromatic N) is 1. The second-order valence-corrected chi connectivity index (χ2v) is 8.26. The number of carbonyl (C=O) groups is 4. The van der Waals surface area contributed by atoms with Gasteiger partial charge < -0.3 is 20.6 Å². The number of ketones is 1. The van der Waals surface area contributed by atoms with E-state index < -0.39 is 18.4 Å². The van der Waals surface area contributed by atoms with Gasteiger partial charge in [0.05, 0.1) is 6.54 Å². The largest absolute Gasteiger partial charge is 0.480 e. The number of carboxylic acids is 1. The van der Waals surface area contributed by atoms with E-state index >= 15 is 0 Å². The zero-order valence-corrected chi connectivity index (χ0v) is 21.5. The summed E-state index contributed by atoms with van der Waals surface area (Å²) in [7, 11) is 1.66. The second-order valence-electron chi connectivity index (χ2n) is 8.26. The fraction of sp³-hybridized carbons (Fsp3) is 0.538. The molecule has 190 valence electrons. The summed E-state index contributed by atoms with van der Waals surface area (Å²) in [6.07, 6.45) is 2.81. The monoisotopic (exact) mass is 475 g/mol. The fourth-order valence-corrected chi connectivity index (χ4v) is 2.87. The van der Waals surface area contributed by atoms with E-state index in [0.717, 1.165) is 36.1 Å². The molecule has 0 atom stereocenters. The number of allylic oxidation sites excluding steroid dienone is 1. The molecule has 0 saturated heterocycles. The second kappa shape index (κ2) is 16.5. The maximum atomic E-state index is 12.2. The number of carboxylic acid groups (broad SMARTS) is 1. The first-order chi connectivity index (χ1) is 16.0. The molecule has 0 aliphatic rings. The van der Waals surface area contributed by atoms with Gasteiger partial charge >= 0.3 is 5.97 Å². The predicted molar refractivity (Wildman–Crippen MR) is 137 cm³/mol. The topological polar surface area (TPSA) is 116 Å². The number of carbonyl (C=O) groups excluding carboxylic acids is 3. The summed E-state index contributed by atoms with van der Waals surface area (Å²) in [6, 6.07) is 5.24. The van der Waals surface area contributed by atoms with Crippen molar-refractivity contribution in [2.75, 3.05) is 32.0 Å². The lowest BCUT2D eigenvalue weighted by atomic mass is 10.0.